The van der Waals surface area contributed by atoms with E-state index in [9.17, 15) is 18.4 Å². The highest BCUT2D eigenvalue weighted by molar-refractivity contribution is 6.30. The zero-order valence-electron chi connectivity index (χ0n) is 19.4. The Bertz CT molecular complexity index is 1110. The molecule has 0 saturated heterocycles. The van der Waals surface area contributed by atoms with Crippen molar-refractivity contribution in [2.24, 2.45) is 4.99 Å². The second kappa shape index (κ2) is 10.1. The lowest BCUT2D eigenvalue weighted by Gasteiger charge is -2.39. The van der Waals surface area contributed by atoms with Crippen molar-refractivity contribution in [2.75, 3.05) is 6.67 Å². The van der Waals surface area contributed by atoms with Gasteiger partial charge in [0.1, 0.15) is 24.0 Å². The van der Waals surface area contributed by atoms with E-state index in [0.29, 0.717) is 22.6 Å². The maximum absolute atomic E-state index is 14.1. The molecule has 1 aliphatic heterocycles. The number of nitrogens with zero attached hydrogens (tertiary/aromatic N) is 4. The lowest BCUT2D eigenvalue weighted by Crippen LogP contribution is -2.44. The Hall–Kier alpha value is -3.05. The molecule has 0 N–H and O–H groups in total. The maximum atomic E-state index is 14.1. The maximum Gasteiger partial charge on any atom is 0.431 e. The SMILES string of the molecule is CC(C(Cc1ccc(Cl)cc1)c1cncc(C#N)c1)N1CN=C(OC(C)(C)C)C=C1C(F)(F)F. The number of hydrogen-bond acceptors (Lipinski definition) is 5. The fourth-order valence-corrected chi connectivity index (χ4v) is 3.94. The third-order valence-electron chi connectivity index (χ3n) is 5.41. The van der Waals surface area contributed by atoms with Crippen LogP contribution in [0.25, 0.3) is 0 Å². The zero-order chi connectivity index (χ0) is 25.1. The van der Waals surface area contributed by atoms with Crippen molar-refractivity contribution in [2.45, 2.75) is 57.9 Å². The number of aliphatic imine (C=N–C) groups is 1. The van der Waals surface area contributed by atoms with E-state index in [0.717, 1.165) is 11.6 Å². The van der Waals surface area contributed by atoms with Gasteiger partial charge in [-0.15, -0.1) is 0 Å². The van der Waals surface area contributed by atoms with Crippen LogP contribution in [-0.2, 0) is 11.2 Å². The van der Waals surface area contributed by atoms with Crippen LogP contribution in [0.2, 0.25) is 5.02 Å². The number of aromatic nitrogens is 1. The second-order valence-corrected chi connectivity index (χ2v) is 9.58. The van der Waals surface area contributed by atoms with E-state index in [1.54, 1.807) is 52.1 Å². The molecule has 180 valence electrons. The smallest absolute Gasteiger partial charge is 0.431 e. The summed E-state index contributed by atoms with van der Waals surface area (Å²) in [5.74, 6) is -0.460. The summed E-state index contributed by atoms with van der Waals surface area (Å²) >= 11 is 6.00. The van der Waals surface area contributed by atoms with E-state index in [1.807, 2.05) is 18.2 Å². The Morgan fingerprint density at radius 1 is 1.18 bits per heavy atom. The molecule has 0 fully saturated rings. The van der Waals surface area contributed by atoms with Crippen LogP contribution in [0.15, 0.2) is 59.5 Å². The molecule has 0 radical (unpaired) electrons. The molecule has 34 heavy (non-hydrogen) atoms. The van der Waals surface area contributed by atoms with Crippen LogP contribution >= 0.6 is 11.6 Å². The molecule has 2 atom stereocenters. The number of pyridine rings is 1. The molecule has 5 nitrogen and oxygen atoms in total. The van der Waals surface area contributed by atoms with Crippen molar-refractivity contribution in [1.82, 2.24) is 9.88 Å². The first-order valence-electron chi connectivity index (χ1n) is 10.8. The lowest BCUT2D eigenvalue weighted by molar-refractivity contribution is -0.116. The Balaban J connectivity index is 2.00. The third kappa shape index (κ3) is 6.51. The quantitative estimate of drug-likeness (QED) is 0.496. The minimum atomic E-state index is -4.60. The number of benzene rings is 1. The van der Waals surface area contributed by atoms with Crippen molar-refractivity contribution in [3.63, 3.8) is 0 Å². The van der Waals surface area contributed by atoms with Gasteiger partial charge in [-0.2, -0.15) is 18.4 Å². The van der Waals surface area contributed by atoms with Crippen molar-refractivity contribution in [1.29, 1.82) is 5.26 Å². The van der Waals surface area contributed by atoms with E-state index in [4.69, 9.17) is 16.3 Å². The first-order chi connectivity index (χ1) is 15.9. The molecule has 1 aromatic carbocycles. The molecule has 3 rings (SSSR count). The highest BCUT2D eigenvalue weighted by atomic mass is 35.5. The van der Waals surface area contributed by atoms with Crippen LogP contribution in [0.3, 0.4) is 0 Å². The third-order valence-corrected chi connectivity index (χ3v) is 5.66. The standard InChI is InChI=1S/C25H26ClF3N4O/c1-16(33-15-32-23(34-24(2,3)4)11-22(33)25(27,28)29)21(10-17-5-7-20(26)8-6-17)19-9-18(12-30)13-31-14-19/h5-9,11,13-14,16,21H,10,15H2,1-4H3. The number of allylic oxidation sites excluding steroid dienone is 1. The number of halogens is 4. The van der Waals surface area contributed by atoms with E-state index in [1.165, 1.54) is 11.1 Å². The van der Waals surface area contributed by atoms with Crippen LogP contribution in [0.4, 0.5) is 13.2 Å². The van der Waals surface area contributed by atoms with Crippen LogP contribution < -0.4 is 0 Å². The molecule has 0 amide bonds. The highest BCUT2D eigenvalue weighted by Gasteiger charge is 2.43. The fraction of sp³-hybridized carbons (Fsp3) is 0.400. The van der Waals surface area contributed by atoms with Gasteiger partial charge >= 0.3 is 6.18 Å². The van der Waals surface area contributed by atoms with Crippen molar-refractivity contribution < 1.29 is 17.9 Å². The highest BCUT2D eigenvalue weighted by Crippen LogP contribution is 2.37. The summed E-state index contributed by atoms with van der Waals surface area (Å²) in [7, 11) is 0. The van der Waals surface area contributed by atoms with Crippen LogP contribution in [0, 0.1) is 11.3 Å². The first-order valence-corrected chi connectivity index (χ1v) is 11.1. The van der Waals surface area contributed by atoms with Gasteiger partial charge in [0.25, 0.3) is 0 Å². The van der Waals surface area contributed by atoms with Gasteiger partial charge in [0.15, 0.2) is 0 Å². The average molecular weight is 491 g/mol. The average Bonchev–Trinajstić information content (AvgIpc) is 2.76. The number of ether oxygens (including phenoxy) is 1. The molecule has 1 aliphatic rings. The van der Waals surface area contributed by atoms with Gasteiger partial charge in [-0.05, 0) is 63.4 Å². The summed E-state index contributed by atoms with van der Waals surface area (Å²) < 4.78 is 48.0. The molecule has 0 bridgehead atoms. The van der Waals surface area contributed by atoms with E-state index in [2.05, 4.69) is 9.98 Å². The topological polar surface area (TPSA) is 61.5 Å². The molecule has 2 aromatic rings. The summed E-state index contributed by atoms with van der Waals surface area (Å²) in [5.41, 5.74) is 0.414. The van der Waals surface area contributed by atoms with Gasteiger partial charge in [-0.3, -0.25) is 4.98 Å². The zero-order valence-corrected chi connectivity index (χ0v) is 20.2. The molecule has 2 unspecified atom stereocenters. The Kier molecular flexibility index (Phi) is 7.57. The van der Waals surface area contributed by atoms with Crippen LogP contribution in [0.1, 0.15) is 50.3 Å². The van der Waals surface area contributed by atoms with Crippen LogP contribution in [-0.4, -0.2) is 40.3 Å². The van der Waals surface area contributed by atoms with Gasteiger partial charge < -0.3 is 9.64 Å². The molecule has 9 heteroatoms. The summed E-state index contributed by atoms with van der Waals surface area (Å²) in [6.07, 6.45) is -0.208. The Morgan fingerprint density at radius 2 is 1.85 bits per heavy atom. The molecule has 2 heterocycles. The number of nitriles is 1. The van der Waals surface area contributed by atoms with Crippen molar-refractivity contribution >= 4 is 17.5 Å². The minimum Gasteiger partial charge on any atom is -0.472 e. The second-order valence-electron chi connectivity index (χ2n) is 9.15. The predicted octanol–water partition coefficient (Wildman–Crippen LogP) is 6.25. The van der Waals surface area contributed by atoms with E-state index < -0.39 is 29.4 Å². The number of rotatable bonds is 5. The summed E-state index contributed by atoms with van der Waals surface area (Å²) in [4.78, 5) is 9.63. The monoisotopic (exact) mass is 490 g/mol. The number of hydrogen-bond donors (Lipinski definition) is 0. The number of alkyl halides is 3. The van der Waals surface area contributed by atoms with E-state index >= 15 is 0 Å². The summed E-state index contributed by atoms with van der Waals surface area (Å²) in [5, 5.41) is 9.89. The van der Waals surface area contributed by atoms with Gasteiger partial charge in [-0.1, -0.05) is 23.7 Å². The van der Waals surface area contributed by atoms with Crippen molar-refractivity contribution in [3.05, 3.63) is 76.2 Å². The molecule has 1 aromatic heterocycles. The Labute approximate surface area is 202 Å². The van der Waals surface area contributed by atoms with Crippen molar-refractivity contribution in [3.8, 4) is 6.07 Å². The van der Waals surface area contributed by atoms with Gasteiger partial charge in [-0.25, -0.2) is 4.99 Å². The molecular formula is C25H26ClF3N4O. The fourth-order valence-electron chi connectivity index (χ4n) is 3.82. The molecule has 0 aliphatic carbocycles. The van der Waals surface area contributed by atoms with Gasteiger partial charge in [0.05, 0.1) is 5.56 Å². The molecule has 0 saturated carbocycles. The Morgan fingerprint density at radius 3 is 2.44 bits per heavy atom. The van der Waals surface area contributed by atoms with Crippen LogP contribution in [0.5, 0.6) is 0 Å². The molecular weight excluding hydrogens is 465 g/mol. The lowest BCUT2D eigenvalue weighted by atomic mass is 9.86. The normalized spacial score (nSPS) is 16.3. The largest absolute Gasteiger partial charge is 0.472 e. The molecule has 0 spiro atoms. The first kappa shape index (κ1) is 25.6. The minimum absolute atomic E-state index is 0.0503. The summed E-state index contributed by atoms with van der Waals surface area (Å²) in [6.45, 7) is 6.78. The van der Waals surface area contributed by atoms with Gasteiger partial charge in [0.2, 0.25) is 5.90 Å². The predicted molar refractivity (Wildman–Crippen MR) is 125 cm³/mol. The summed E-state index contributed by atoms with van der Waals surface area (Å²) in [6, 6.07) is 10.3. The van der Waals surface area contributed by atoms with E-state index in [-0.39, 0.29) is 12.6 Å². The van der Waals surface area contributed by atoms with Gasteiger partial charge in [0, 0.05) is 35.5 Å².